The zero-order valence-corrected chi connectivity index (χ0v) is 19.7. The van der Waals surface area contributed by atoms with E-state index in [0.717, 1.165) is 9.87 Å². The molecule has 31 heavy (non-hydrogen) atoms. The first-order chi connectivity index (χ1) is 14.7. The summed E-state index contributed by atoms with van der Waals surface area (Å²) in [5.41, 5.74) is 0.791. The molecule has 0 saturated heterocycles. The molecule has 1 N–H and O–H groups in total. The van der Waals surface area contributed by atoms with Crippen LogP contribution in [0.4, 0.5) is 0 Å². The lowest BCUT2D eigenvalue weighted by Crippen LogP contribution is -2.41. The summed E-state index contributed by atoms with van der Waals surface area (Å²) >= 11 is 6.07. The largest absolute Gasteiger partial charge is 0.495 e. The molecule has 0 radical (unpaired) electrons. The second kappa shape index (κ2) is 10.7. The Balaban J connectivity index is 2.14. The average molecular weight is 471 g/mol. The van der Waals surface area contributed by atoms with Crippen LogP contribution in [-0.2, 0) is 14.8 Å². The molecular formula is C21H27ClN2O6S. The van der Waals surface area contributed by atoms with Crippen LogP contribution in [0.25, 0.3) is 0 Å². The summed E-state index contributed by atoms with van der Waals surface area (Å²) in [6, 6.07) is 9.12. The van der Waals surface area contributed by atoms with Crippen LogP contribution >= 0.6 is 11.6 Å². The number of likely N-dealkylation sites (N-methyl/N-ethyl adjacent to an activating group) is 1. The first-order valence-electron chi connectivity index (χ1n) is 9.52. The zero-order chi connectivity index (χ0) is 23.2. The smallest absolute Gasteiger partial charge is 0.243 e. The predicted molar refractivity (Wildman–Crippen MR) is 119 cm³/mol. The van der Waals surface area contributed by atoms with Gasteiger partial charge < -0.3 is 19.5 Å². The lowest BCUT2D eigenvalue weighted by molar-refractivity contribution is -0.121. The molecule has 2 aromatic carbocycles. The van der Waals surface area contributed by atoms with Crippen molar-refractivity contribution in [1.29, 1.82) is 0 Å². The van der Waals surface area contributed by atoms with Gasteiger partial charge in [-0.3, -0.25) is 4.79 Å². The summed E-state index contributed by atoms with van der Waals surface area (Å²) in [5, 5.41) is 2.99. The molecule has 2 rings (SSSR count). The van der Waals surface area contributed by atoms with Crippen LogP contribution in [0, 0.1) is 0 Å². The van der Waals surface area contributed by atoms with E-state index in [0.29, 0.717) is 17.2 Å². The van der Waals surface area contributed by atoms with Gasteiger partial charge in [-0.15, -0.1) is 0 Å². The highest BCUT2D eigenvalue weighted by atomic mass is 35.5. The fourth-order valence-corrected chi connectivity index (χ4v) is 4.73. The molecule has 10 heteroatoms. The standard InChI is InChI=1S/C21H27ClN2O6S/c1-6-24(31(26,27)16-8-10-18(28-3)17(22)12-16)13-21(25)23-14(2)15-7-9-19(29-4)20(11-15)30-5/h7-12,14H,6,13H2,1-5H3,(H,23,25)/t14-/m1/s1. The third kappa shape index (κ3) is 5.81. The normalized spacial score (nSPS) is 12.4. The number of amides is 1. The van der Waals surface area contributed by atoms with Crippen molar-refractivity contribution >= 4 is 27.5 Å². The Morgan fingerprint density at radius 2 is 1.65 bits per heavy atom. The van der Waals surface area contributed by atoms with Crippen molar-refractivity contribution in [2.24, 2.45) is 0 Å². The molecule has 0 aromatic heterocycles. The number of sulfonamides is 1. The molecule has 0 heterocycles. The van der Waals surface area contributed by atoms with Gasteiger partial charge in [-0.1, -0.05) is 24.6 Å². The second-order valence-electron chi connectivity index (χ2n) is 6.63. The van der Waals surface area contributed by atoms with E-state index in [2.05, 4.69) is 5.32 Å². The fourth-order valence-electron chi connectivity index (χ4n) is 2.98. The average Bonchev–Trinajstić information content (AvgIpc) is 2.76. The highest BCUT2D eigenvalue weighted by Crippen LogP contribution is 2.30. The Bertz CT molecular complexity index is 1030. The monoisotopic (exact) mass is 470 g/mol. The number of ether oxygens (including phenoxy) is 3. The zero-order valence-electron chi connectivity index (χ0n) is 18.1. The lowest BCUT2D eigenvalue weighted by Gasteiger charge is -2.22. The Hall–Kier alpha value is -2.49. The molecule has 170 valence electrons. The third-order valence-corrected chi connectivity index (χ3v) is 6.93. The summed E-state index contributed by atoms with van der Waals surface area (Å²) in [6.07, 6.45) is 0. The van der Waals surface area contributed by atoms with Gasteiger partial charge in [0, 0.05) is 6.54 Å². The van der Waals surface area contributed by atoms with Gasteiger partial charge in [-0.2, -0.15) is 4.31 Å². The topological polar surface area (TPSA) is 94.2 Å². The van der Waals surface area contributed by atoms with E-state index in [1.165, 1.54) is 32.4 Å². The van der Waals surface area contributed by atoms with Gasteiger partial charge in [0.15, 0.2) is 11.5 Å². The van der Waals surface area contributed by atoms with Gasteiger partial charge in [0.1, 0.15) is 5.75 Å². The van der Waals surface area contributed by atoms with Crippen molar-refractivity contribution in [3.63, 3.8) is 0 Å². The molecule has 8 nitrogen and oxygen atoms in total. The maximum atomic E-state index is 13.0. The Morgan fingerprint density at radius 3 is 2.19 bits per heavy atom. The van der Waals surface area contributed by atoms with Crippen LogP contribution in [0.2, 0.25) is 5.02 Å². The van der Waals surface area contributed by atoms with E-state index in [9.17, 15) is 13.2 Å². The van der Waals surface area contributed by atoms with Crippen molar-refractivity contribution in [3.8, 4) is 17.2 Å². The maximum Gasteiger partial charge on any atom is 0.243 e. The van der Waals surface area contributed by atoms with Crippen LogP contribution < -0.4 is 19.5 Å². The minimum absolute atomic E-state index is 0.0131. The first-order valence-corrected chi connectivity index (χ1v) is 11.3. The van der Waals surface area contributed by atoms with E-state index in [-0.39, 0.29) is 29.0 Å². The van der Waals surface area contributed by atoms with Gasteiger partial charge in [0.25, 0.3) is 0 Å². The SMILES string of the molecule is CCN(CC(=O)N[C@H](C)c1ccc(OC)c(OC)c1)S(=O)(=O)c1ccc(OC)c(Cl)c1. The second-order valence-corrected chi connectivity index (χ2v) is 8.98. The Labute approximate surface area is 188 Å². The number of benzene rings is 2. The molecule has 0 aliphatic rings. The van der Waals surface area contributed by atoms with Crippen molar-refractivity contribution in [1.82, 2.24) is 9.62 Å². The number of carbonyl (C=O) groups is 1. The maximum absolute atomic E-state index is 13.0. The fraction of sp³-hybridized carbons (Fsp3) is 0.381. The van der Waals surface area contributed by atoms with Crippen LogP contribution in [0.15, 0.2) is 41.3 Å². The number of carbonyl (C=O) groups excluding carboxylic acids is 1. The van der Waals surface area contributed by atoms with Crippen molar-refractivity contribution < 1.29 is 27.4 Å². The Morgan fingerprint density at radius 1 is 1.03 bits per heavy atom. The van der Waals surface area contributed by atoms with Gasteiger partial charge in [0.2, 0.25) is 15.9 Å². The minimum atomic E-state index is -3.92. The van der Waals surface area contributed by atoms with E-state index in [1.54, 1.807) is 39.2 Å². The van der Waals surface area contributed by atoms with E-state index in [1.807, 2.05) is 0 Å². The van der Waals surface area contributed by atoms with Gasteiger partial charge in [-0.05, 0) is 42.8 Å². The number of nitrogens with one attached hydrogen (secondary N) is 1. The van der Waals surface area contributed by atoms with Crippen LogP contribution in [-0.4, -0.2) is 53.0 Å². The molecule has 0 aliphatic heterocycles. The van der Waals surface area contributed by atoms with Crippen LogP contribution in [0.1, 0.15) is 25.5 Å². The number of hydrogen-bond donors (Lipinski definition) is 1. The summed E-state index contributed by atoms with van der Waals surface area (Å²) in [4.78, 5) is 12.6. The van der Waals surface area contributed by atoms with Crippen molar-refractivity contribution in [2.75, 3.05) is 34.4 Å². The molecule has 0 bridgehead atoms. The minimum Gasteiger partial charge on any atom is -0.495 e. The molecule has 0 fully saturated rings. The summed E-state index contributed by atoms with van der Waals surface area (Å²) < 4.78 is 42.6. The number of rotatable bonds is 10. The highest BCUT2D eigenvalue weighted by Gasteiger charge is 2.26. The van der Waals surface area contributed by atoms with E-state index < -0.39 is 15.9 Å². The molecule has 0 aliphatic carbocycles. The third-order valence-electron chi connectivity index (χ3n) is 4.72. The first kappa shape index (κ1) is 24.8. The quantitative estimate of drug-likeness (QED) is 0.572. The van der Waals surface area contributed by atoms with Gasteiger partial charge in [0.05, 0.1) is 43.8 Å². The van der Waals surface area contributed by atoms with Crippen LogP contribution in [0.3, 0.4) is 0 Å². The molecule has 0 saturated carbocycles. The Kier molecular flexibility index (Phi) is 8.55. The molecule has 0 spiro atoms. The molecule has 1 amide bonds. The van der Waals surface area contributed by atoms with Crippen LogP contribution in [0.5, 0.6) is 17.2 Å². The molecule has 2 aromatic rings. The number of halogens is 1. The molecular weight excluding hydrogens is 444 g/mol. The lowest BCUT2D eigenvalue weighted by atomic mass is 10.1. The summed E-state index contributed by atoms with van der Waals surface area (Å²) in [7, 11) is 0.593. The summed E-state index contributed by atoms with van der Waals surface area (Å²) in [5.74, 6) is 1.04. The number of nitrogens with zero attached hydrogens (tertiary/aromatic N) is 1. The van der Waals surface area contributed by atoms with Crippen molar-refractivity contribution in [2.45, 2.75) is 24.8 Å². The predicted octanol–water partition coefficient (Wildman–Crippen LogP) is 3.25. The number of hydrogen-bond acceptors (Lipinski definition) is 6. The highest BCUT2D eigenvalue weighted by molar-refractivity contribution is 7.89. The molecule has 0 unspecified atom stereocenters. The number of methoxy groups -OCH3 is 3. The van der Waals surface area contributed by atoms with E-state index >= 15 is 0 Å². The van der Waals surface area contributed by atoms with E-state index in [4.69, 9.17) is 25.8 Å². The van der Waals surface area contributed by atoms with Gasteiger partial charge in [-0.25, -0.2) is 8.42 Å². The van der Waals surface area contributed by atoms with Crippen molar-refractivity contribution in [3.05, 3.63) is 47.0 Å². The van der Waals surface area contributed by atoms with Gasteiger partial charge >= 0.3 is 0 Å². The molecule has 1 atom stereocenters. The summed E-state index contributed by atoms with van der Waals surface area (Å²) in [6.45, 7) is 3.24.